The topological polar surface area (TPSA) is 3.24 Å². The second-order valence-electron chi connectivity index (χ2n) is 11.8. The van der Waals surface area contributed by atoms with Gasteiger partial charge in [-0.2, -0.15) is 0 Å². The lowest BCUT2D eigenvalue weighted by molar-refractivity contribution is 0.580. The van der Waals surface area contributed by atoms with Gasteiger partial charge in [0.25, 0.3) is 0 Å². The number of hydrogen-bond donors (Lipinski definition) is 0. The van der Waals surface area contributed by atoms with Crippen LogP contribution in [-0.4, -0.2) is 17.1 Å². The molecule has 0 spiro atoms. The summed E-state index contributed by atoms with van der Waals surface area (Å²) in [6.45, 7) is 0. The Morgan fingerprint density at radius 3 is 1.66 bits per heavy atom. The van der Waals surface area contributed by atoms with E-state index in [0.717, 1.165) is 6.42 Å². The van der Waals surface area contributed by atoms with Crippen molar-refractivity contribution in [1.82, 2.24) is 4.44 Å². The Balaban J connectivity index is 1.24. The fourth-order valence-electron chi connectivity index (χ4n) is 6.99. The maximum atomic E-state index is 2.85. The molecule has 0 bridgehead atoms. The molecule has 4 atom stereocenters. The molecule has 218 valence electrons. The van der Waals surface area contributed by atoms with Crippen LogP contribution in [0.2, 0.25) is 0 Å². The predicted octanol–water partition coefficient (Wildman–Crippen LogP) is 10.6. The van der Waals surface area contributed by atoms with Crippen LogP contribution in [0.1, 0.15) is 36.0 Å². The number of benzene rings is 5. The Bertz CT molecular complexity index is 1660. The van der Waals surface area contributed by atoms with Crippen molar-refractivity contribution in [3.8, 4) is 11.1 Å². The molecule has 0 N–H and O–H groups in total. The van der Waals surface area contributed by atoms with E-state index in [9.17, 15) is 0 Å². The van der Waals surface area contributed by atoms with Gasteiger partial charge >= 0.3 is 0 Å². The van der Waals surface area contributed by atoms with Crippen LogP contribution < -0.4 is 10.6 Å². The molecule has 1 aliphatic heterocycles. The van der Waals surface area contributed by atoms with Gasteiger partial charge in [0.15, 0.2) is 0 Å². The van der Waals surface area contributed by atoms with E-state index >= 15 is 0 Å². The van der Waals surface area contributed by atoms with E-state index in [1.54, 1.807) is 0 Å². The second-order valence-corrected chi connectivity index (χ2v) is 17.0. The lowest BCUT2D eigenvalue weighted by atomic mass is 9.89. The van der Waals surface area contributed by atoms with Gasteiger partial charge in [-0.05, 0) is 84.4 Å². The first-order valence-corrected chi connectivity index (χ1v) is 18.5. The monoisotopic (exact) mass is 607 g/mol. The van der Waals surface area contributed by atoms with Gasteiger partial charge < -0.3 is 0 Å². The van der Waals surface area contributed by atoms with E-state index < -0.39 is 16.1 Å². The second kappa shape index (κ2) is 13.6. The molecular weight excluding hydrogens is 568 g/mol. The summed E-state index contributed by atoms with van der Waals surface area (Å²) in [5, 5.41) is 2.88. The Hall–Kier alpha value is -3.60. The third-order valence-electron chi connectivity index (χ3n) is 9.16. The molecule has 0 radical (unpaired) electrons. The van der Waals surface area contributed by atoms with E-state index in [2.05, 4.69) is 175 Å². The fourth-order valence-corrected chi connectivity index (χ4v) is 14.3. The van der Waals surface area contributed by atoms with Gasteiger partial charge in [-0.25, -0.2) is 0 Å². The van der Waals surface area contributed by atoms with Crippen LogP contribution in [0.4, 0.5) is 0 Å². The molecule has 0 aromatic heterocycles. The van der Waals surface area contributed by atoms with Crippen LogP contribution in [0.15, 0.2) is 164 Å². The molecule has 1 fully saturated rings. The first kappa shape index (κ1) is 29.1. The van der Waals surface area contributed by atoms with Crippen LogP contribution in [0, 0.1) is 5.92 Å². The normalized spacial score (nSPS) is 21.5. The Labute approximate surface area is 265 Å². The summed E-state index contributed by atoms with van der Waals surface area (Å²) in [7, 11) is 1.32. The van der Waals surface area contributed by atoms with E-state index in [-0.39, 0.29) is 0 Å². The Morgan fingerprint density at radius 1 is 0.591 bits per heavy atom. The maximum Gasteiger partial charge on any atom is 0.0315 e. The summed E-state index contributed by atoms with van der Waals surface area (Å²) >= 11 is 0. The van der Waals surface area contributed by atoms with Gasteiger partial charge in [-0.15, -0.1) is 0 Å². The van der Waals surface area contributed by atoms with Crippen molar-refractivity contribution in [3.05, 3.63) is 175 Å². The van der Waals surface area contributed by atoms with E-state index in [4.69, 9.17) is 0 Å². The molecule has 5 aromatic carbocycles. The summed E-state index contributed by atoms with van der Waals surface area (Å²) in [4.78, 5) is 0. The van der Waals surface area contributed by atoms with Gasteiger partial charge in [0, 0.05) is 13.7 Å². The van der Waals surface area contributed by atoms with Crippen molar-refractivity contribution in [2.75, 3.05) is 7.05 Å². The minimum atomic E-state index is -0.652. The molecule has 44 heavy (non-hydrogen) atoms. The number of nitrogens with zero attached hydrogens (tertiary/aromatic N) is 1. The van der Waals surface area contributed by atoms with Gasteiger partial charge in [0.2, 0.25) is 0 Å². The lowest BCUT2D eigenvalue weighted by Gasteiger charge is -2.42. The lowest BCUT2D eigenvalue weighted by Crippen LogP contribution is -2.27. The molecule has 1 heterocycles. The van der Waals surface area contributed by atoms with Crippen molar-refractivity contribution < 1.29 is 0 Å². The molecule has 1 saturated heterocycles. The highest BCUT2D eigenvalue weighted by molar-refractivity contribution is 7.79. The molecule has 0 saturated carbocycles. The molecule has 2 unspecified atom stereocenters. The van der Waals surface area contributed by atoms with Crippen molar-refractivity contribution in [2.24, 2.45) is 5.92 Å². The van der Waals surface area contributed by atoms with Crippen LogP contribution in [0.3, 0.4) is 0 Å². The van der Waals surface area contributed by atoms with Crippen molar-refractivity contribution in [2.45, 2.75) is 30.6 Å². The zero-order chi connectivity index (χ0) is 29.7. The Morgan fingerprint density at radius 2 is 1.11 bits per heavy atom. The van der Waals surface area contributed by atoms with Crippen molar-refractivity contribution in [1.29, 1.82) is 0 Å². The zero-order valence-electron chi connectivity index (χ0n) is 25.3. The predicted molar refractivity (Wildman–Crippen MR) is 193 cm³/mol. The third-order valence-corrected chi connectivity index (χ3v) is 15.7. The fraction of sp³-hybridized carbons (Fsp3) is 0.171. The van der Waals surface area contributed by atoms with Crippen LogP contribution in [-0.2, 0) is 0 Å². The van der Waals surface area contributed by atoms with E-state index in [1.807, 2.05) is 0 Å². The highest BCUT2D eigenvalue weighted by Crippen LogP contribution is 2.72. The molecule has 7 rings (SSSR count). The van der Waals surface area contributed by atoms with Crippen LogP contribution in [0.5, 0.6) is 0 Å². The molecule has 0 amide bonds. The summed E-state index contributed by atoms with van der Waals surface area (Å²) < 4.78 is 2.85. The smallest absolute Gasteiger partial charge is 0.0315 e. The average Bonchev–Trinajstić information content (AvgIpc) is 3.56. The Kier molecular flexibility index (Phi) is 8.99. The van der Waals surface area contributed by atoms with Crippen LogP contribution in [0.25, 0.3) is 16.7 Å². The molecule has 5 aromatic rings. The molecule has 1 nitrogen and oxygen atoms in total. The molecule has 2 aliphatic rings. The first-order chi connectivity index (χ1) is 21.8. The summed E-state index contributed by atoms with van der Waals surface area (Å²) in [5.41, 5.74) is 7.97. The van der Waals surface area contributed by atoms with Crippen LogP contribution >= 0.6 is 16.1 Å². The highest BCUT2D eigenvalue weighted by atomic mass is 31.2. The SMILES string of the molecule is CN(P(c1ccccc1)c1ccccc1)P1[C@H](c2ccc(-c3ccccc3)cc2)CC[C@H]1C1C=CC(c2ccccc2)=CC1. The van der Waals surface area contributed by atoms with Gasteiger partial charge in [-0.3, -0.25) is 4.44 Å². The van der Waals surface area contributed by atoms with E-state index in [0.29, 0.717) is 17.2 Å². The van der Waals surface area contributed by atoms with Crippen molar-refractivity contribution in [3.63, 3.8) is 0 Å². The molecular formula is C41H39NP2. The summed E-state index contributed by atoms with van der Waals surface area (Å²) in [6.07, 6.45) is 11.1. The quantitative estimate of drug-likeness (QED) is 0.159. The summed E-state index contributed by atoms with van der Waals surface area (Å²) in [6, 6.07) is 53.7. The van der Waals surface area contributed by atoms with Gasteiger partial charge in [0.05, 0.1) is 0 Å². The maximum absolute atomic E-state index is 2.85. The molecule has 3 heteroatoms. The zero-order valence-corrected chi connectivity index (χ0v) is 27.1. The van der Waals surface area contributed by atoms with Crippen molar-refractivity contribution >= 4 is 32.3 Å². The number of hydrogen-bond acceptors (Lipinski definition) is 1. The summed E-state index contributed by atoms with van der Waals surface area (Å²) in [5.74, 6) is 0.563. The minimum Gasteiger partial charge on any atom is -0.255 e. The number of rotatable bonds is 8. The highest BCUT2D eigenvalue weighted by Gasteiger charge is 2.44. The molecule has 1 aliphatic carbocycles. The van der Waals surface area contributed by atoms with E-state index in [1.165, 1.54) is 51.3 Å². The average molecular weight is 608 g/mol. The minimum absolute atomic E-state index is 0.470. The van der Waals surface area contributed by atoms with Gasteiger partial charge in [0.1, 0.15) is 0 Å². The standard InChI is InChI=1S/C41H39NP2/c1-42(43(38-18-10-4-11-19-38)39-20-12-5-13-21-39)44-40(36-26-22-34(23-27-36)32-14-6-2-7-15-32)30-31-41(44)37-28-24-35(25-29-37)33-16-8-3-9-17-33/h2-28,37,40-41H,29-31H2,1H3/t37?,40-,41-,44?/m0/s1. The third kappa shape index (κ3) is 6.16. The number of allylic oxidation sites excluding steroid dienone is 4. The first-order valence-electron chi connectivity index (χ1n) is 15.8. The van der Waals surface area contributed by atoms with Gasteiger partial charge in [-0.1, -0.05) is 164 Å². The largest absolute Gasteiger partial charge is 0.255 e.